The fraction of sp³-hybridized carbons (Fsp3) is 0.182. The first kappa shape index (κ1) is 16.1. The number of hydrogen-bond donors (Lipinski definition) is 3. The van der Waals surface area contributed by atoms with E-state index in [2.05, 4.69) is 84.5 Å². The number of fused-ring (bicyclic) bond motifs is 3. The molecule has 2 nitrogen and oxygen atoms in total. The van der Waals surface area contributed by atoms with Gasteiger partial charge in [-0.05, 0) is 42.3 Å². The van der Waals surface area contributed by atoms with Crippen molar-refractivity contribution in [3.8, 4) is 0 Å². The van der Waals surface area contributed by atoms with Gasteiger partial charge in [-0.1, -0.05) is 49.7 Å². The molecular formula is C22H22N2S. The predicted molar refractivity (Wildman–Crippen MR) is 111 cm³/mol. The number of rotatable bonds is 5. The summed E-state index contributed by atoms with van der Waals surface area (Å²) in [5.41, 5.74) is 4.88. The van der Waals surface area contributed by atoms with E-state index in [1.54, 1.807) is 0 Å². The number of anilines is 1. The Bertz CT molecular complexity index is 1000. The van der Waals surface area contributed by atoms with Gasteiger partial charge in [0.15, 0.2) is 0 Å². The molecule has 1 atom stereocenters. The minimum atomic E-state index is 0.271. The van der Waals surface area contributed by atoms with Crippen LogP contribution in [-0.2, 0) is 0 Å². The van der Waals surface area contributed by atoms with Crippen molar-refractivity contribution in [3.63, 3.8) is 0 Å². The van der Waals surface area contributed by atoms with Gasteiger partial charge in [0.25, 0.3) is 0 Å². The number of H-pyrrole nitrogens is 1. The first-order valence-electron chi connectivity index (χ1n) is 8.81. The average molecular weight is 346 g/mol. The Hall–Kier alpha value is -2.39. The second-order valence-electron chi connectivity index (χ2n) is 6.47. The van der Waals surface area contributed by atoms with Crippen molar-refractivity contribution in [3.05, 3.63) is 72.3 Å². The van der Waals surface area contributed by atoms with E-state index in [0.717, 1.165) is 23.4 Å². The maximum absolute atomic E-state index is 4.38. The lowest BCUT2D eigenvalue weighted by molar-refractivity contribution is 0.681. The van der Waals surface area contributed by atoms with Gasteiger partial charge in [-0.2, -0.15) is 0 Å². The molecule has 3 heteroatoms. The van der Waals surface area contributed by atoms with Crippen LogP contribution in [0.2, 0.25) is 0 Å². The molecule has 126 valence electrons. The van der Waals surface area contributed by atoms with Crippen LogP contribution < -0.4 is 5.32 Å². The summed E-state index contributed by atoms with van der Waals surface area (Å²) in [5, 5.41) is 6.29. The van der Waals surface area contributed by atoms with Crippen molar-refractivity contribution < 1.29 is 0 Å². The first-order valence-corrected chi connectivity index (χ1v) is 9.26. The highest BCUT2D eigenvalue weighted by atomic mass is 32.1. The number of nitrogens with one attached hydrogen (secondary N) is 2. The molecule has 1 heterocycles. The van der Waals surface area contributed by atoms with E-state index in [9.17, 15) is 0 Å². The quantitative estimate of drug-likeness (QED) is 0.351. The number of aromatic nitrogens is 1. The zero-order valence-electron chi connectivity index (χ0n) is 14.3. The molecule has 2 N–H and O–H groups in total. The van der Waals surface area contributed by atoms with Gasteiger partial charge in [-0.15, -0.1) is 12.6 Å². The van der Waals surface area contributed by atoms with Gasteiger partial charge in [0.1, 0.15) is 0 Å². The molecule has 0 saturated carbocycles. The first-order chi connectivity index (χ1) is 12.3. The summed E-state index contributed by atoms with van der Waals surface area (Å²) < 4.78 is 0. The minimum absolute atomic E-state index is 0.271. The van der Waals surface area contributed by atoms with Gasteiger partial charge >= 0.3 is 0 Å². The smallest absolute Gasteiger partial charge is 0.0534 e. The molecule has 0 bridgehead atoms. The van der Waals surface area contributed by atoms with Crippen LogP contribution in [0.3, 0.4) is 0 Å². The van der Waals surface area contributed by atoms with Crippen LogP contribution in [0.25, 0.3) is 21.8 Å². The molecule has 4 rings (SSSR count). The summed E-state index contributed by atoms with van der Waals surface area (Å²) in [4.78, 5) is 4.61. The van der Waals surface area contributed by atoms with E-state index in [4.69, 9.17) is 0 Å². The van der Waals surface area contributed by atoms with Crippen LogP contribution in [0.5, 0.6) is 0 Å². The van der Waals surface area contributed by atoms with Gasteiger partial charge in [-0.25, -0.2) is 0 Å². The summed E-state index contributed by atoms with van der Waals surface area (Å²) in [6.07, 6.45) is 2.20. The fourth-order valence-corrected chi connectivity index (χ4v) is 3.69. The molecule has 1 aromatic heterocycles. The second kappa shape index (κ2) is 6.85. The summed E-state index contributed by atoms with van der Waals surface area (Å²) >= 11 is 4.38. The molecule has 0 fully saturated rings. The standard InChI is InChI=1S/C22H22N2S/c1-2-6-20(23-15-11-13-16(25)14-12-15)19-9-5-8-18-17-7-3-4-10-21(17)24-22(18)19/h3-5,7-14,20,23-25H,2,6H2,1H3. The monoisotopic (exact) mass is 346 g/mol. The van der Waals surface area contributed by atoms with Gasteiger partial charge in [0.05, 0.1) is 11.6 Å². The minimum Gasteiger partial charge on any atom is -0.378 e. The zero-order valence-corrected chi connectivity index (χ0v) is 15.2. The van der Waals surface area contributed by atoms with Crippen molar-refractivity contribution in [1.82, 2.24) is 4.98 Å². The molecule has 4 aromatic rings. The number of para-hydroxylation sites is 2. The van der Waals surface area contributed by atoms with Crippen LogP contribution in [-0.4, -0.2) is 4.98 Å². The Morgan fingerprint density at radius 2 is 1.68 bits per heavy atom. The summed E-state index contributed by atoms with van der Waals surface area (Å²) in [6.45, 7) is 2.23. The van der Waals surface area contributed by atoms with Crippen molar-refractivity contribution in [2.24, 2.45) is 0 Å². The second-order valence-corrected chi connectivity index (χ2v) is 6.99. The lowest BCUT2D eigenvalue weighted by atomic mass is 9.99. The summed E-state index contributed by atoms with van der Waals surface area (Å²) in [5.74, 6) is 0. The lowest BCUT2D eigenvalue weighted by Gasteiger charge is -2.21. The topological polar surface area (TPSA) is 27.8 Å². The summed E-state index contributed by atoms with van der Waals surface area (Å²) in [6, 6.07) is 23.6. The van der Waals surface area contributed by atoms with Crippen LogP contribution in [0.1, 0.15) is 31.4 Å². The van der Waals surface area contributed by atoms with Crippen molar-refractivity contribution in [1.29, 1.82) is 0 Å². The van der Waals surface area contributed by atoms with Crippen LogP contribution in [0.15, 0.2) is 71.6 Å². The molecular weight excluding hydrogens is 324 g/mol. The maximum atomic E-state index is 4.38. The Morgan fingerprint density at radius 3 is 2.48 bits per heavy atom. The van der Waals surface area contributed by atoms with Crippen LogP contribution in [0, 0.1) is 0 Å². The number of benzene rings is 3. The predicted octanol–water partition coefficient (Wildman–Crippen LogP) is 6.56. The third kappa shape index (κ3) is 3.12. The van der Waals surface area contributed by atoms with Crippen molar-refractivity contribution in [2.45, 2.75) is 30.7 Å². The van der Waals surface area contributed by atoms with E-state index in [-0.39, 0.29) is 6.04 Å². The highest BCUT2D eigenvalue weighted by molar-refractivity contribution is 7.80. The molecule has 0 saturated heterocycles. The third-order valence-corrected chi connectivity index (χ3v) is 5.03. The van der Waals surface area contributed by atoms with Gasteiger partial charge in [0.2, 0.25) is 0 Å². The van der Waals surface area contributed by atoms with Gasteiger partial charge in [0, 0.05) is 26.9 Å². The van der Waals surface area contributed by atoms with Crippen LogP contribution in [0.4, 0.5) is 5.69 Å². The van der Waals surface area contributed by atoms with E-state index < -0.39 is 0 Å². The summed E-state index contributed by atoms with van der Waals surface area (Å²) in [7, 11) is 0. The largest absolute Gasteiger partial charge is 0.378 e. The highest BCUT2D eigenvalue weighted by Gasteiger charge is 2.16. The van der Waals surface area contributed by atoms with Crippen molar-refractivity contribution in [2.75, 3.05) is 5.32 Å². The van der Waals surface area contributed by atoms with E-state index in [1.165, 1.54) is 27.4 Å². The molecule has 0 aliphatic rings. The van der Waals surface area contributed by atoms with Crippen LogP contribution >= 0.6 is 12.6 Å². The Morgan fingerprint density at radius 1 is 0.920 bits per heavy atom. The van der Waals surface area contributed by atoms with Gasteiger partial charge in [-0.3, -0.25) is 0 Å². The molecule has 0 spiro atoms. The molecule has 1 unspecified atom stereocenters. The van der Waals surface area contributed by atoms with E-state index >= 15 is 0 Å². The SMILES string of the molecule is CCCC(Nc1ccc(S)cc1)c1cccc2c1[nH]c1ccccc12. The Labute approximate surface area is 153 Å². The fourth-order valence-electron chi connectivity index (χ4n) is 3.54. The maximum Gasteiger partial charge on any atom is 0.0534 e. The third-order valence-electron chi connectivity index (χ3n) is 4.73. The molecule has 0 aliphatic heterocycles. The highest BCUT2D eigenvalue weighted by Crippen LogP contribution is 2.33. The average Bonchev–Trinajstić information content (AvgIpc) is 3.02. The molecule has 3 aromatic carbocycles. The Balaban J connectivity index is 1.80. The zero-order chi connectivity index (χ0) is 17.2. The number of thiol groups is 1. The van der Waals surface area contributed by atoms with E-state index in [0.29, 0.717) is 0 Å². The lowest BCUT2D eigenvalue weighted by Crippen LogP contribution is -2.11. The number of aromatic amines is 1. The Kier molecular flexibility index (Phi) is 4.41. The molecule has 0 amide bonds. The molecule has 0 aliphatic carbocycles. The number of hydrogen-bond acceptors (Lipinski definition) is 2. The van der Waals surface area contributed by atoms with E-state index in [1.807, 2.05) is 12.1 Å². The molecule has 25 heavy (non-hydrogen) atoms. The molecule has 0 radical (unpaired) electrons. The normalized spacial score (nSPS) is 12.6. The van der Waals surface area contributed by atoms with Crippen molar-refractivity contribution >= 4 is 40.1 Å². The van der Waals surface area contributed by atoms with Gasteiger partial charge < -0.3 is 10.3 Å².